The molecule has 2 rings (SSSR count). The number of nitrogens with one attached hydrogen (secondary N) is 1. The molecule has 0 atom stereocenters. The molecule has 0 aliphatic carbocycles. The maximum absolute atomic E-state index is 4.88. The Morgan fingerprint density at radius 3 is 2.95 bits per heavy atom. The molecule has 2 heterocycles. The fourth-order valence-corrected chi connectivity index (χ4v) is 2.98. The number of hydrogen-bond acceptors (Lipinski definition) is 5. The first-order valence-corrected chi connectivity index (χ1v) is 8.75. The number of hydrogen-bond donors (Lipinski definition) is 1. The summed E-state index contributed by atoms with van der Waals surface area (Å²) in [4.78, 5) is 9.09. The molecular formula is C15H25N5OS. The molecule has 122 valence electrons. The third-order valence-corrected chi connectivity index (χ3v) is 4.49. The quantitative estimate of drug-likeness (QED) is 0.353. The number of guanidine groups is 1. The molecular weight excluding hydrogens is 298 g/mol. The summed E-state index contributed by atoms with van der Waals surface area (Å²) in [5, 5.41) is 7.40. The smallest absolute Gasteiger partial charge is 0.193 e. The summed E-state index contributed by atoms with van der Waals surface area (Å²) in [5.41, 5.74) is 0.996. The number of nitrogens with zero attached hydrogens (tertiary/aromatic N) is 4. The topological polar surface area (TPSA) is 56.9 Å². The Balaban J connectivity index is 1.68. The van der Waals surface area contributed by atoms with E-state index in [9.17, 15) is 0 Å². The summed E-state index contributed by atoms with van der Waals surface area (Å²) >= 11 is 1.88. The number of piperazine rings is 1. The molecule has 1 N–H and O–H groups in total. The Labute approximate surface area is 136 Å². The minimum atomic E-state index is 0.856. The Kier molecular flexibility index (Phi) is 7.32. The molecule has 1 saturated heterocycles. The molecule has 0 saturated carbocycles. The summed E-state index contributed by atoms with van der Waals surface area (Å²) in [6.07, 6.45) is 3.56. The van der Waals surface area contributed by atoms with Gasteiger partial charge in [0.25, 0.3) is 0 Å². The molecule has 1 aromatic rings. The van der Waals surface area contributed by atoms with Crippen LogP contribution in [0.15, 0.2) is 34.5 Å². The van der Waals surface area contributed by atoms with Crippen molar-refractivity contribution < 1.29 is 4.52 Å². The van der Waals surface area contributed by atoms with E-state index in [1.165, 1.54) is 0 Å². The third-order valence-electron chi connectivity index (χ3n) is 3.53. The Morgan fingerprint density at radius 1 is 1.50 bits per heavy atom. The van der Waals surface area contributed by atoms with Crippen molar-refractivity contribution in [1.29, 1.82) is 0 Å². The second-order valence-electron chi connectivity index (χ2n) is 5.09. The summed E-state index contributed by atoms with van der Waals surface area (Å²) in [6, 6.07) is 1.92. The highest BCUT2D eigenvalue weighted by molar-refractivity contribution is 7.99. The summed E-state index contributed by atoms with van der Waals surface area (Å²) in [6.45, 7) is 9.51. The van der Waals surface area contributed by atoms with Crippen LogP contribution in [0.2, 0.25) is 0 Å². The average Bonchev–Trinajstić information content (AvgIpc) is 3.05. The summed E-state index contributed by atoms with van der Waals surface area (Å²) in [5.74, 6) is 3.07. The van der Waals surface area contributed by atoms with Crippen LogP contribution in [0.25, 0.3) is 0 Å². The van der Waals surface area contributed by atoms with E-state index in [4.69, 9.17) is 4.52 Å². The van der Waals surface area contributed by atoms with E-state index in [1.54, 1.807) is 6.26 Å². The lowest BCUT2D eigenvalue weighted by Gasteiger charge is -2.36. The molecule has 0 radical (unpaired) electrons. The van der Waals surface area contributed by atoms with E-state index in [0.717, 1.165) is 62.4 Å². The fraction of sp³-hybridized carbons (Fsp3) is 0.600. The Hall–Kier alpha value is -1.47. The Morgan fingerprint density at radius 2 is 2.32 bits per heavy atom. The van der Waals surface area contributed by atoms with Gasteiger partial charge in [-0.05, 0) is 0 Å². The largest absolute Gasteiger partial charge is 0.364 e. The van der Waals surface area contributed by atoms with Crippen molar-refractivity contribution in [2.75, 3.05) is 51.3 Å². The summed E-state index contributed by atoms with van der Waals surface area (Å²) < 4.78 is 4.88. The standard InChI is InChI=1S/C15H25N5OS/c1-3-11-22-12-5-17-15(16-2)20-8-6-19(7-9-20)13-14-4-10-21-18-14/h3-4,10H,1,5-9,11-13H2,2H3,(H,16,17). The highest BCUT2D eigenvalue weighted by atomic mass is 32.2. The van der Waals surface area contributed by atoms with Gasteiger partial charge in [-0.1, -0.05) is 11.2 Å². The fourth-order valence-electron chi connectivity index (χ4n) is 2.40. The second kappa shape index (κ2) is 9.53. The zero-order valence-corrected chi connectivity index (χ0v) is 14.0. The van der Waals surface area contributed by atoms with Crippen molar-refractivity contribution in [3.63, 3.8) is 0 Å². The Bertz CT molecular complexity index is 455. The van der Waals surface area contributed by atoms with Crippen molar-refractivity contribution >= 4 is 17.7 Å². The predicted molar refractivity (Wildman–Crippen MR) is 92.2 cm³/mol. The van der Waals surface area contributed by atoms with Gasteiger partial charge in [-0.25, -0.2) is 0 Å². The van der Waals surface area contributed by atoms with E-state index >= 15 is 0 Å². The number of thioether (sulfide) groups is 1. The lowest BCUT2D eigenvalue weighted by atomic mass is 10.3. The van der Waals surface area contributed by atoms with Crippen molar-refractivity contribution in [3.05, 3.63) is 30.7 Å². The van der Waals surface area contributed by atoms with Crippen molar-refractivity contribution in [3.8, 4) is 0 Å². The van der Waals surface area contributed by atoms with E-state index in [0.29, 0.717) is 0 Å². The average molecular weight is 323 g/mol. The molecule has 1 aliphatic heterocycles. The highest BCUT2D eigenvalue weighted by Gasteiger charge is 2.19. The zero-order chi connectivity index (χ0) is 15.6. The van der Waals surface area contributed by atoms with Crippen LogP contribution in [0.1, 0.15) is 5.69 Å². The van der Waals surface area contributed by atoms with Crippen LogP contribution >= 0.6 is 11.8 Å². The monoisotopic (exact) mass is 323 g/mol. The van der Waals surface area contributed by atoms with Gasteiger partial charge in [-0.3, -0.25) is 9.89 Å². The molecule has 0 amide bonds. The SMILES string of the molecule is C=CCSCCNC(=NC)N1CCN(Cc2ccon2)CC1. The van der Waals surface area contributed by atoms with Gasteiger partial charge < -0.3 is 14.7 Å². The maximum atomic E-state index is 4.88. The van der Waals surface area contributed by atoms with Crippen LogP contribution in [-0.4, -0.2) is 72.2 Å². The molecule has 0 spiro atoms. The van der Waals surface area contributed by atoms with Crippen LogP contribution in [-0.2, 0) is 6.54 Å². The highest BCUT2D eigenvalue weighted by Crippen LogP contribution is 2.07. The normalized spacial score (nSPS) is 16.8. The molecule has 0 aromatic carbocycles. The van der Waals surface area contributed by atoms with Gasteiger partial charge in [0.15, 0.2) is 5.96 Å². The van der Waals surface area contributed by atoms with E-state index in [-0.39, 0.29) is 0 Å². The molecule has 1 aliphatic rings. The second-order valence-corrected chi connectivity index (χ2v) is 6.24. The van der Waals surface area contributed by atoms with E-state index in [1.807, 2.05) is 31.0 Å². The minimum Gasteiger partial charge on any atom is -0.364 e. The van der Waals surface area contributed by atoms with Crippen LogP contribution in [0.4, 0.5) is 0 Å². The molecule has 22 heavy (non-hydrogen) atoms. The van der Waals surface area contributed by atoms with Crippen molar-refractivity contribution in [2.45, 2.75) is 6.54 Å². The minimum absolute atomic E-state index is 0.856. The van der Waals surface area contributed by atoms with Gasteiger partial charge in [-0.2, -0.15) is 11.8 Å². The molecule has 7 heteroatoms. The van der Waals surface area contributed by atoms with Crippen LogP contribution < -0.4 is 5.32 Å². The molecule has 0 unspecified atom stereocenters. The third kappa shape index (κ3) is 5.38. The van der Waals surface area contributed by atoms with Crippen molar-refractivity contribution in [2.24, 2.45) is 4.99 Å². The number of aliphatic imine (C=N–C) groups is 1. The van der Waals surface area contributed by atoms with Gasteiger partial charge in [0.2, 0.25) is 0 Å². The predicted octanol–water partition coefficient (Wildman–Crippen LogP) is 1.29. The molecule has 1 fully saturated rings. The van der Waals surface area contributed by atoms with Gasteiger partial charge >= 0.3 is 0 Å². The first kappa shape index (κ1) is 16.9. The zero-order valence-electron chi connectivity index (χ0n) is 13.2. The van der Waals surface area contributed by atoms with Crippen LogP contribution in [0, 0.1) is 0 Å². The summed E-state index contributed by atoms with van der Waals surface area (Å²) in [7, 11) is 1.85. The number of aromatic nitrogens is 1. The van der Waals surface area contributed by atoms with Crippen LogP contribution in [0.3, 0.4) is 0 Å². The van der Waals surface area contributed by atoms with Crippen molar-refractivity contribution in [1.82, 2.24) is 20.3 Å². The molecule has 0 bridgehead atoms. The van der Waals surface area contributed by atoms with Crippen LogP contribution in [0.5, 0.6) is 0 Å². The van der Waals surface area contributed by atoms with Gasteiger partial charge in [0.1, 0.15) is 6.26 Å². The van der Waals surface area contributed by atoms with E-state index < -0.39 is 0 Å². The lowest BCUT2D eigenvalue weighted by Crippen LogP contribution is -2.52. The number of rotatable bonds is 7. The van der Waals surface area contributed by atoms with E-state index in [2.05, 4.69) is 31.8 Å². The first-order chi connectivity index (χ1) is 10.8. The first-order valence-electron chi connectivity index (χ1n) is 7.59. The maximum Gasteiger partial charge on any atom is 0.193 e. The van der Waals surface area contributed by atoms with Gasteiger partial charge in [-0.15, -0.1) is 6.58 Å². The lowest BCUT2D eigenvalue weighted by molar-refractivity contribution is 0.169. The van der Waals surface area contributed by atoms with Gasteiger partial charge in [0.05, 0.1) is 5.69 Å². The van der Waals surface area contributed by atoms with Gasteiger partial charge in [0, 0.05) is 63.9 Å². The molecule has 6 nitrogen and oxygen atoms in total. The molecule has 1 aromatic heterocycles.